The first-order valence-electron chi connectivity index (χ1n) is 6.20. The zero-order chi connectivity index (χ0) is 13.2. The van der Waals surface area contributed by atoms with Crippen LogP contribution in [0.1, 0.15) is 22.6 Å². The van der Waals surface area contributed by atoms with Crippen molar-refractivity contribution in [2.24, 2.45) is 0 Å². The third kappa shape index (κ3) is 1.98. The molecule has 0 fully saturated rings. The Morgan fingerprint density at radius 2 is 1.89 bits per heavy atom. The maximum atomic E-state index is 9.40. The molecule has 3 aromatic rings. The molecular formula is C16H13N3. The van der Waals surface area contributed by atoms with E-state index in [1.54, 1.807) is 0 Å². The van der Waals surface area contributed by atoms with Crippen LogP contribution >= 0.6 is 0 Å². The SMILES string of the molecule is Cc1cccc2nc(Cc3ccccc3)c(C#N)n12. The van der Waals surface area contributed by atoms with Crippen LogP contribution in [0.5, 0.6) is 0 Å². The van der Waals surface area contributed by atoms with Crippen LogP contribution in [-0.4, -0.2) is 9.38 Å². The van der Waals surface area contributed by atoms with Gasteiger partial charge in [-0.2, -0.15) is 5.26 Å². The van der Waals surface area contributed by atoms with Gasteiger partial charge >= 0.3 is 0 Å². The maximum Gasteiger partial charge on any atom is 0.148 e. The molecule has 2 heterocycles. The number of aromatic nitrogens is 2. The Hall–Kier alpha value is -2.60. The minimum atomic E-state index is 0.636. The second-order valence-electron chi connectivity index (χ2n) is 4.54. The van der Waals surface area contributed by atoms with Crippen molar-refractivity contribution in [2.75, 3.05) is 0 Å². The molecule has 0 bridgehead atoms. The van der Waals surface area contributed by atoms with E-state index in [4.69, 9.17) is 0 Å². The molecule has 0 spiro atoms. The Morgan fingerprint density at radius 1 is 1.11 bits per heavy atom. The van der Waals surface area contributed by atoms with Crippen molar-refractivity contribution in [3.05, 3.63) is 71.2 Å². The monoisotopic (exact) mass is 247 g/mol. The molecule has 0 amide bonds. The lowest BCUT2D eigenvalue weighted by Gasteiger charge is -2.00. The molecular weight excluding hydrogens is 234 g/mol. The second-order valence-corrected chi connectivity index (χ2v) is 4.54. The van der Waals surface area contributed by atoms with Crippen LogP contribution in [0.4, 0.5) is 0 Å². The molecule has 0 N–H and O–H groups in total. The quantitative estimate of drug-likeness (QED) is 0.698. The van der Waals surface area contributed by atoms with Gasteiger partial charge in [0.2, 0.25) is 0 Å². The first-order valence-corrected chi connectivity index (χ1v) is 6.20. The highest BCUT2D eigenvalue weighted by molar-refractivity contribution is 5.49. The largest absolute Gasteiger partial charge is 0.288 e. The van der Waals surface area contributed by atoms with Gasteiger partial charge in [-0.15, -0.1) is 0 Å². The lowest BCUT2D eigenvalue weighted by molar-refractivity contribution is 1.05. The number of imidazole rings is 1. The molecule has 0 aliphatic carbocycles. The van der Waals surface area contributed by atoms with Crippen LogP contribution in [0, 0.1) is 18.3 Å². The Kier molecular flexibility index (Phi) is 2.77. The number of fused-ring (bicyclic) bond motifs is 1. The summed E-state index contributed by atoms with van der Waals surface area (Å²) in [7, 11) is 0. The minimum Gasteiger partial charge on any atom is -0.288 e. The van der Waals surface area contributed by atoms with Crippen LogP contribution in [0.2, 0.25) is 0 Å². The van der Waals surface area contributed by atoms with Gasteiger partial charge in [0.25, 0.3) is 0 Å². The Bertz CT molecular complexity index is 764. The van der Waals surface area contributed by atoms with E-state index in [1.165, 1.54) is 5.56 Å². The Balaban J connectivity index is 2.15. The van der Waals surface area contributed by atoms with E-state index in [0.717, 1.165) is 17.0 Å². The number of hydrogen-bond acceptors (Lipinski definition) is 2. The number of pyridine rings is 1. The third-order valence-electron chi connectivity index (χ3n) is 3.23. The van der Waals surface area contributed by atoms with E-state index >= 15 is 0 Å². The lowest BCUT2D eigenvalue weighted by atomic mass is 10.1. The number of benzene rings is 1. The molecule has 19 heavy (non-hydrogen) atoms. The fraction of sp³-hybridized carbons (Fsp3) is 0.125. The van der Waals surface area contributed by atoms with Crippen molar-refractivity contribution in [1.29, 1.82) is 5.26 Å². The summed E-state index contributed by atoms with van der Waals surface area (Å²) in [5, 5.41) is 9.40. The third-order valence-corrected chi connectivity index (χ3v) is 3.23. The summed E-state index contributed by atoms with van der Waals surface area (Å²) in [6, 6.07) is 18.3. The van der Waals surface area contributed by atoms with Gasteiger partial charge in [0.1, 0.15) is 17.4 Å². The maximum absolute atomic E-state index is 9.40. The van der Waals surface area contributed by atoms with Gasteiger partial charge in [0.05, 0.1) is 5.69 Å². The average molecular weight is 247 g/mol. The van der Waals surface area contributed by atoms with Crippen molar-refractivity contribution in [3.63, 3.8) is 0 Å². The van der Waals surface area contributed by atoms with Crippen LogP contribution in [0.15, 0.2) is 48.5 Å². The molecule has 0 saturated heterocycles. The molecule has 92 valence electrons. The fourth-order valence-corrected chi connectivity index (χ4v) is 2.33. The number of rotatable bonds is 2. The molecule has 3 nitrogen and oxygen atoms in total. The summed E-state index contributed by atoms with van der Waals surface area (Å²) in [4.78, 5) is 4.58. The van der Waals surface area contributed by atoms with Crippen molar-refractivity contribution in [2.45, 2.75) is 13.3 Å². The normalized spacial score (nSPS) is 10.5. The number of nitriles is 1. The molecule has 0 radical (unpaired) electrons. The predicted octanol–water partition coefficient (Wildman–Crippen LogP) is 3.11. The van der Waals surface area contributed by atoms with Crippen LogP contribution in [-0.2, 0) is 6.42 Å². The molecule has 1 aromatic carbocycles. The molecule has 0 aliphatic rings. The van der Waals surface area contributed by atoms with Gasteiger partial charge in [-0.05, 0) is 24.6 Å². The smallest absolute Gasteiger partial charge is 0.148 e. The standard InChI is InChI=1S/C16H13N3/c1-12-6-5-9-16-18-14(15(11-17)19(12)16)10-13-7-3-2-4-8-13/h2-9H,10H2,1H3. The summed E-state index contributed by atoms with van der Waals surface area (Å²) >= 11 is 0. The van der Waals surface area contributed by atoms with Gasteiger partial charge in [-0.1, -0.05) is 36.4 Å². The van der Waals surface area contributed by atoms with Crippen LogP contribution in [0.25, 0.3) is 5.65 Å². The summed E-state index contributed by atoms with van der Waals surface area (Å²) in [6.07, 6.45) is 0.685. The number of aryl methyl sites for hydroxylation is 1. The second kappa shape index (κ2) is 4.58. The Labute approximate surface area is 111 Å². The van der Waals surface area contributed by atoms with Gasteiger partial charge < -0.3 is 0 Å². The van der Waals surface area contributed by atoms with Crippen molar-refractivity contribution in [3.8, 4) is 6.07 Å². The first-order chi connectivity index (χ1) is 9.29. The van der Waals surface area contributed by atoms with E-state index in [0.29, 0.717) is 12.1 Å². The van der Waals surface area contributed by atoms with Crippen LogP contribution < -0.4 is 0 Å². The highest BCUT2D eigenvalue weighted by atomic mass is 15.0. The molecule has 0 saturated carbocycles. The molecule has 3 heteroatoms. The van der Waals surface area contributed by atoms with Crippen molar-refractivity contribution >= 4 is 5.65 Å². The van der Waals surface area contributed by atoms with Crippen molar-refractivity contribution in [1.82, 2.24) is 9.38 Å². The fourth-order valence-electron chi connectivity index (χ4n) is 2.33. The van der Waals surface area contributed by atoms with Gasteiger partial charge in [-0.25, -0.2) is 4.98 Å². The zero-order valence-electron chi connectivity index (χ0n) is 10.7. The summed E-state index contributed by atoms with van der Waals surface area (Å²) in [6.45, 7) is 1.99. The Morgan fingerprint density at radius 3 is 2.63 bits per heavy atom. The first kappa shape index (κ1) is 11.5. The summed E-state index contributed by atoms with van der Waals surface area (Å²) < 4.78 is 1.91. The molecule has 0 atom stereocenters. The number of nitrogens with zero attached hydrogens (tertiary/aromatic N) is 3. The van der Waals surface area contributed by atoms with Gasteiger partial charge in [0, 0.05) is 12.1 Å². The number of hydrogen-bond donors (Lipinski definition) is 0. The minimum absolute atomic E-state index is 0.636. The highest BCUT2D eigenvalue weighted by Gasteiger charge is 2.13. The molecule has 0 aliphatic heterocycles. The lowest BCUT2D eigenvalue weighted by Crippen LogP contribution is -1.96. The molecule has 2 aromatic heterocycles. The van der Waals surface area contributed by atoms with E-state index in [-0.39, 0.29) is 0 Å². The van der Waals surface area contributed by atoms with Gasteiger partial charge in [-0.3, -0.25) is 4.40 Å². The molecule has 0 unspecified atom stereocenters. The predicted molar refractivity (Wildman–Crippen MR) is 73.9 cm³/mol. The topological polar surface area (TPSA) is 41.1 Å². The summed E-state index contributed by atoms with van der Waals surface area (Å²) in [5.74, 6) is 0. The van der Waals surface area contributed by atoms with E-state index in [2.05, 4.69) is 23.2 Å². The van der Waals surface area contributed by atoms with Gasteiger partial charge in [0.15, 0.2) is 0 Å². The zero-order valence-corrected chi connectivity index (χ0v) is 10.7. The van der Waals surface area contributed by atoms with Crippen LogP contribution in [0.3, 0.4) is 0 Å². The summed E-state index contributed by atoms with van der Waals surface area (Å²) in [5.41, 5.74) is 4.50. The van der Waals surface area contributed by atoms with Crippen molar-refractivity contribution < 1.29 is 0 Å². The average Bonchev–Trinajstić information content (AvgIpc) is 2.78. The van der Waals surface area contributed by atoms with E-state index < -0.39 is 0 Å². The van der Waals surface area contributed by atoms with E-state index in [9.17, 15) is 5.26 Å². The van der Waals surface area contributed by atoms with E-state index in [1.807, 2.05) is 47.7 Å². The molecule has 3 rings (SSSR count). The highest BCUT2D eigenvalue weighted by Crippen LogP contribution is 2.17.